The molecule has 2 aliphatic heterocycles. The number of nitrogens with zero attached hydrogens (tertiary/aromatic N) is 3. The molecule has 2 heterocycles. The van der Waals surface area contributed by atoms with Crippen molar-refractivity contribution >= 4 is 29.3 Å². The van der Waals surface area contributed by atoms with Crippen LogP contribution in [0.1, 0.15) is 26.8 Å². The van der Waals surface area contributed by atoms with Gasteiger partial charge in [-0.05, 0) is 57.0 Å². The summed E-state index contributed by atoms with van der Waals surface area (Å²) in [6, 6.07) is 10.3. The number of carbonyl (C=O) groups excluding carboxylic acids is 2. The summed E-state index contributed by atoms with van der Waals surface area (Å²) in [6.07, 6.45) is 5.06. The number of nitriles is 1. The minimum atomic E-state index is -1.03. The number of carbonyl (C=O) groups is 2. The molecule has 0 spiro atoms. The lowest BCUT2D eigenvalue weighted by atomic mass is 10.1. The summed E-state index contributed by atoms with van der Waals surface area (Å²) in [4.78, 5) is 29.3. The van der Waals surface area contributed by atoms with Crippen molar-refractivity contribution in [3.05, 3.63) is 42.5 Å². The third kappa shape index (κ3) is 6.05. The highest BCUT2D eigenvalue weighted by molar-refractivity contribution is 8.01. The number of esters is 1. The molecule has 1 N–H and O–H groups in total. The third-order valence-electron chi connectivity index (χ3n) is 5.87. The molecule has 7 nitrogen and oxygen atoms in total. The number of benzene rings is 1. The molecule has 1 unspecified atom stereocenters. The second-order valence-corrected chi connectivity index (χ2v) is 9.37. The zero-order valence-corrected chi connectivity index (χ0v) is 19.5. The minimum Gasteiger partial charge on any atom is -0.460 e. The normalized spacial score (nSPS) is 21.9. The summed E-state index contributed by atoms with van der Waals surface area (Å²) in [5.41, 5.74) is 2.25. The molecule has 8 heteroatoms. The molecule has 0 aromatic heterocycles. The van der Waals surface area contributed by atoms with Gasteiger partial charge in [-0.15, -0.1) is 11.8 Å². The van der Waals surface area contributed by atoms with Crippen molar-refractivity contribution in [3.63, 3.8) is 0 Å². The minimum absolute atomic E-state index is 0. The highest BCUT2D eigenvalue weighted by atomic mass is 32.2. The SMILES string of the molecule is C=CCOC(=O)C(C#N)[C@@H]1S[C@H](CNc2cccc(CCN3CCCC3)c2)C(=O)N1CC.[HH]. The number of amides is 1. The van der Waals surface area contributed by atoms with Crippen LogP contribution in [-0.4, -0.2) is 71.6 Å². The Morgan fingerprint density at radius 2 is 2.25 bits per heavy atom. The number of hydrogen-bond acceptors (Lipinski definition) is 7. The topological polar surface area (TPSA) is 85.7 Å². The van der Waals surface area contributed by atoms with E-state index < -0.39 is 17.3 Å². The monoisotopic (exact) mass is 458 g/mol. The van der Waals surface area contributed by atoms with Gasteiger partial charge in [-0.3, -0.25) is 9.59 Å². The Morgan fingerprint density at radius 3 is 2.94 bits per heavy atom. The zero-order valence-electron chi connectivity index (χ0n) is 18.7. The van der Waals surface area contributed by atoms with Crippen molar-refractivity contribution in [1.29, 1.82) is 5.26 Å². The van der Waals surface area contributed by atoms with Crippen LogP contribution in [0, 0.1) is 17.2 Å². The van der Waals surface area contributed by atoms with E-state index in [1.807, 2.05) is 25.1 Å². The molecule has 0 bridgehead atoms. The Hall–Kier alpha value is -2.50. The molecule has 0 aliphatic carbocycles. The molecule has 3 rings (SSSR count). The number of rotatable bonds is 11. The molecular formula is C24H34N4O3S. The number of likely N-dealkylation sites (tertiary alicyclic amines) is 1. The quantitative estimate of drug-likeness (QED) is 0.403. The van der Waals surface area contributed by atoms with Crippen molar-refractivity contribution in [2.75, 3.05) is 44.6 Å². The first kappa shape index (κ1) is 24.1. The van der Waals surface area contributed by atoms with Gasteiger partial charge in [0.25, 0.3) is 0 Å². The molecule has 1 aromatic carbocycles. The lowest BCUT2D eigenvalue weighted by molar-refractivity contribution is -0.146. The standard InChI is InChI=1S/C24H32N4O3S.H2/c1-3-14-31-24(30)20(16-25)23-28(4-2)22(29)21(32-23)17-26-19-9-7-8-18(15-19)10-13-27-11-5-6-12-27;/h3,7-9,15,20-21,23,26H,1,4-6,10-14,17H2,2H3;1H/t20?,21-,23+;/m1./s1. The molecule has 1 amide bonds. The summed E-state index contributed by atoms with van der Waals surface area (Å²) in [5, 5.41) is 12.0. The predicted octanol–water partition coefficient (Wildman–Crippen LogP) is 3.14. The van der Waals surface area contributed by atoms with Gasteiger partial charge in [0.1, 0.15) is 17.2 Å². The zero-order chi connectivity index (χ0) is 22.9. The fraction of sp³-hybridized carbons (Fsp3) is 0.542. The van der Waals surface area contributed by atoms with Gasteiger partial charge in [0, 0.05) is 26.7 Å². The van der Waals surface area contributed by atoms with E-state index in [9.17, 15) is 14.9 Å². The molecular weight excluding hydrogens is 424 g/mol. The summed E-state index contributed by atoms with van der Waals surface area (Å²) in [5.74, 6) is -1.70. The van der Waals surface area contributed by atoms with Crippen molar-refractivity contribution in [2.45, 2.75) is 36.8 Å². The van der Waals surface area contributed by atoms with Crippen LogP contribution in [0.25, 0.3) is 0 Å². The molecule has 32 heavy (non-hydrogen) atoms. The van der Waals surface area contributed by atoms with Crippen LogP contribution in [0.5, 0.6) is 0 Å². The Bertz CT molecular complexity index is 856. The van der Waals surface area contributed by atoms with Crippen molar-refractivity contribution in [2.24, 2.45) is 5.92 Å². The van der Waals surface area contributed by atoms with E-state index in [1.165, 1.54) is 49.3 Å². The number of nitrogens with one attached hydrogen (secondary N) is 1. The van der Waals surface area contributed by atoms with Crippen LogP contribution in [0.15, 0.2) is 36.9 Å². The van der Waals surface area contributed by atoms with E-state index in [4.69, 9.17) is 4.74 Å². The Morgan fingerprint density at radius 1 is 1.47 bits per heavy atom. The predicted molar refractivity (Wildman–Crippen MR) is 129 cm³/mol. The van der Waals surface area contributed by atoms with E-state index >= 15 is 0 Å². The average Bonchev–Trinajstić information content (AvgIpc) is 3.43. The van der Waals surface area contributed by atoms with Crippen LogP contribution in [0.4, 0.5) is 5.69 Å². The first-order chi connectivity index (χ1) is 15.6. The Kier molecular flexibility index (Phi) is 9.00. The second-order valence-electron chi connectivity index (χ2n) is 8.05. The maximum absolute atomic E-state index is 12.9. The first-order valence-electron chi connectivity index (χ1n) is 11.3. The van der Waals surface area contributed by atoms with Crippen molar-refractivity contribution in [1.82, 2.24) is 9.80 Å². The van der Waals surface area contributed by atoms with Crippen molar-refractivity contribution < 1.29 is 15.8 Å². The van der Waals surface area contributed by atoms with E-state index in [2.05, 4.69) is 28.9 Å². The Labute approximate surface area is 196 Å². The number of hydrogen-bond donors (Lipinski definition) is 1. The summed E-state index contributed by atoms with van der Waals surface area (Å²) in [6.45, 7) is 9.76. The Balaban J connectivity index is 0.00000385. The van der Waals surface area contributed by atoms with Gasteiger partial charge >= 0.3 is 5.97 Å². The van der Waals surface area contributed by atoms with Gasteiger partial charge in [0.05, 0.1) is 6.07 Å². The van der Waals surface area contributed by atoms with E-state index in [0.29, 0.717) is 13.1 Å². The van der Waals surface area contributed by atoms with Crippen molar-refractivity contribution in [3.8, 4) is 6.07 Å². The lowest BCUT2D eigenvalue weighted by Gasteiger charge is -2.24. The molecule has 3 atom stereocenters. The second kappa shape index (κ2) is 11.9. The molecule has 2 saturated heterocycles. The third-order valence-corrected chi connectivity index (χ3v) is 7.37. The summed E-state index contributed by atoms with van der Waals surface area (Å²) < 4.78 is 5.07. The number of ether oxygens (including phenoxy) is 1. The van der Waals surface area contributed by atoms with Crippen LogP contribution < -0.4 is 5.32 Å². The van der Waals surface area contributed by atoms with Gasteiger partial charge < -0.3 is 19.9 Å². The highest BCUT2D eigenvalue weighted by Gasteiger charge is 2.46. The first-order valence-corrected chi connectivity index (χ1v) is 12.2. The molecule has 1 aromatic rings. The van der Waals surface area contributed by atoms with Crippen LogP contribution in [-0.2, 0) is 20.7 Å². The van der Waals surface area contributed by atoms with Crippen LogP contribution in [0.2, 0.25) is 0 Å². The summed E-state index contributed by atoms with van der Waals surface area (Å²) >= 11 is 1.35. The number of anilines is 1. The highest BCUT2D eigenvalue weighted by Crippen LogP contribution is 2.36. The van der Waals surface area contributed by atoms with Gasteiger partial charge in [-0.25, -0.2) is 0 Å². The molecule has 0 radical (unpaired) electrons. The largest absolute Gasteiger partial charge is 0.460 e. The van der Waals surface area contributed by atoms with Crippen LogP contribution in [0.3, 0.4) is 0 Å². The van der Waals surface area contributed by atoms with E-state index in [1.54, 1.807) is 4.90 Å². The maximum atomic E-state index is 12.9. The van der Waals surface area contributed by atoms with E-state index in [0.717, 1.165) is 18.7 Å². The van der Waals surface area contributed by atoms with Gasteiger partial charge in [-0.2, -0.15) is 5.26 Å². The molecule has 0 saturated carbocycles. The molecule has 2 aliphatic rings. The molecule has 174 valence electrons. The lowest BCUT2D eigenvalue weighted by Crippen LogP contribution is -2.41. The smallest absolute Gasteiger partial charge is 0.326 e. The fourth-order valence-corrected chi connectivity index (χ4v) is 5.64. The average molecular weight is 459 g/mol. The van der Waals surface area contributed by atoms with Gasteiger partial charge in [0.15, 0.2) is 5.92 Å². The fourth-order valence-electron chi connectivity index (χ4n) is 4.14. The van der Waals surface area contributed by atoms with Gasteiger partial charge in [0.2, 0.25) is 5.91 Å². The summed E-state index contributed by atoms with van der Waals surface area (Å²) in [7, 11) is 0. The number of thioether (sulfide) groups is 1. The molecule has 2 fully saturated rings. The van der Waals surface area contributed by atoms with E-state index in [-0.39, 0.29) is 19.2 Å². The van der Waals surface area contributed by atoms with Crippen LogP contribution >= 0.6 is 11.8 Å². The van der Waals surface area contributed by atoms with Gasteiger partial charge in [-0.1, -0.05) is 24.8 Å². The maximum Gasteiger partial charge on any atom is 0.326 e.